The minimum absolute atomic E-state index is 0.00364. The molecule has 0 amide bonds. The zero-order valence-corrected chi connectivity index (χ0v) is 13.9. The van der Waals surface area contributed by atoms with Gasteiger partial charge in [-0.15, -0.1) is 0 Å². The van der Waals surface area contributed by atoms with Crippen molar-refractivity contribution in [2.45, 2.75) is 19.6 Å². The lowest BCUT2D eigenvalue weighted by molar-refractivity contribution is 0.450. The van der Waals surface area contributed by atoms with Gasteiger partial charge in [0.1, 0.15) is 23.0 Å². The van der Waals surface area contributed by atoms with Gasteiger partial charge in [-0.1, -0.05) is 12.2 Å². The van der Waals surface area contributed by atoms with Crippen molar-refractivity contribution >= 4 is 20.5 Å². The van der Waals surface area contributed by atoms with Crippen molar-refractivity contribution in [2.24, 2.45) is 0 Å². The number of phenolic OH excluding ortho intramolecular Hbond substituents is 3. The van der Waals surface area contributed by atoms with E-state index in [9.17, 15) is 15.3 Å². The van der Waals surface area contributed by atoms with Gasteiger partial charge in [-0.05, 0) is 49.5 Å². The molecule has 0 aliphatic rings. The van der Waals surface area contributed by atoms with Gasteiger partial charge in [0.05, 0.1) is 0 Å². The molecule has 0 aliphatic carbocycles. The van der Waals surface area contributed by atoms with Gasteiger partial charge in [0.15, 0.2) is 0 Å². The summed E-state index contributed by atoms with van der Waals surface area (Å²) in [4.78, 5) is 0. The number of benzene rings is 2. The van der Waals surface area contributed by atoms with E-state index in [0.29, 0.717) is 11.3 Å². The maximum absolute atomic E-state index is 9.64. The molecule has 22 heavy (non-hydrogen) atoms. The highest BCUT2D eigenvalue weighted by Gasteiger charge is 2.18. The Balaban J connectivity index is 2.34. The summed E-state index contributed by atoms with van der Waals surface area (Å²) in [6.45, 7) is 6.20. The average Bonchev–Trinajstić information content (AvgIpc) is 2.34. The van der Waals surface area contributed by atoms with Gasteiger partial charge in [0, 0.05) is 17.7 Å². The summed E-state index contributed by atoms with van der Waals surface area (Å²) in [6.07, 6.45) is 3.59. The van der Waals surface area contributed by atoms with E-state index in [-0.39, 0.29) is 17.2 Å². The first-order chi connectivity index (χ1) is 10.2. The molecule has 0 spiro atoms. The second kappa shape index (κ2) is 6.15. The molecule has 2 rings (SSSR count). The Labute approximate surface area is 131 Å². The van der Waals surface area contributed by atoms with Gasteiger partial charge in [0.25, 0.3) is 0 Å². The fourth-order valence-corrected chi connectivity index (χ4v) is 2.82. The molecule has 0 aliphatic heterocycles. The van der Waals surface area contributed by atoms with Crippen molar-refractivity contribution in [3.63, 3.8) is 0 Å². The first kappa shape index (κ1) is 16.0. The summed E-state index contributed by atoms with van der Waals surface area (Å²) in [6, 6.07) is 9.33. The minimum atomic E-state index is -1.80. The Bertz CT molecular complexity index is 682. The molecule has 0 bridgehead atoms. The van der Waals surface area contributed by atoms with Gasteiger partial charge < -0.3 is 19.7 Å². The molecule has 5 heteroatoms. The summed E-state index contributed by atoms with van der Waals surface area (Å²) in [5.74, 6) is 0.785. The normalized spacial score (nSPS) is 11.8. The van der Waals surface area contributed by atoms with E-state index in [0.717, 1.165) is 5.56 Å². The molecule has 0 radical (unpaired) electrons. The van der Waals surface area contributed by atoms with Crippen LogP contribution in [-0.2, 0) is 0 Å². The highest BCUT2D eigenvalue weighted by molar-refractivity contribution is 6.70. The van der Waals surface area contributed by atoms with Crippen molar-refractivity contribution in [2.75, 3.05) is 0 Å². The van der Waals surface area contributed by atoms with Crippen LogP contribution in [-0.4, -0.2) is 23.6 Å². The minimum Gasteiger partial charge on any atom is -0.544 e. The van der Waals surface area contributed by atoms with Gasteiger partial charge in [0.2, 0.25) is 8.32 Å². The van der Waals surface area contributed by atoms with Crippen LogP contribution >= 0.6 is 0 Å². The number of rotatable bonds is 4. The van der Waals surface area contributed by atoms with Crippen LogP contribution in [0.3, 0.4) is 0 Å². The lowest BCUT2D eigenvalue weighted by Crippen LogP contribution is -2.29. The molecular formula is C17H20O4Si. The smallest absolute Gasteiger partial charge is 0.242 e. The Morgan fingerprint density at radius 3 is 2.05 bits per heavy atom. The van der Waals surface area contributed by atoms with E-state index < -0.39 is 8.32 Å². The van der Waals surface area contributed by atoms with Crippen molar-refractivity contribution in [3.05, 3.63) is 47.5 Å². The third-order valence-electron chi connectivity index (χ3n) is 2.79. The summed E-state index contributed by atoms with van der Waals surface area (Å²) in [5.41, 5.74) is 1.49. The van der Waals surface area contributed by atoms with Gasteiger partial charge in [-0.3, -0.25) is 0 Å². The van der Waals surface area contributed by atoms with Crippen molar-refractivity contribution < 1.29 is 19.7 Å². The van der Waals surface area contributed by atoms with Crippen LogP contribution in [0.2, 0.25) is 19.6 Å². The molecular weight excluding hydrogens is 296 g/mol. The molecule has 2 aromatic carbocycles. The Kier molecular flexibility index (Phi) is 4.47. The summed E-state index contributed by atoms with van der Waals surface area (Å²) in [7, 11) is -1.80. The fraction of sp³-hybridized carbons (Fsp3) is 0.176. The molecule has 0 aromatic heterocycles. The largest absolute Gasteiger partial charge is 0.544 e. The van der Waals surface area contributed by atoms with Crippen LogP contribution in [0.1, 0.15) is 11.1 Å². The van der Waals surface area contributed by atoms with Crippen molar-refractivity contribution in [1.29, 1.82) is 0 Å². The van der Waals surface area contributed by atoms with Gasteiger partial charge >= 0.3 is 0 Å². The Hall–Kier alpha value is -2.40. The second-order valence-corrected chi connectivity index (χ2v) is 10.5. The van der Waals surface area contributed by atoms with Crippen LogP contribution in [0.15, 0.2) is 36.4 Å². The Morgan fingerprint density at radius 1 is 0.818 bits per heavy atom. The molecule has 0 heterocycles. The van der Waals surface area contributed by atoms with Crippen molar-refractivity contribution in [3.8, 4) is 23.0 Å². The topological polar surface area (TPSA) is 69.9 Å². The van der Waals surface area contributed by atoms with Gasteiger partial charge in [-0.2, -0.15) is 0 Å². The number of phenols is 3. The predicted octanol–water partition coefficient (Wildman–Crippen LogP) is 4.19. The lowest BCUT2D eigenvalue weighted by Gasteiger charge is -2.21. The summed E-state index contributed by atoms with van der Waals surface area (Å²) >= 11 is 0. The van der Waals surface area contributed by atoms with E-state index in [2.05, 4.69) is 19.6 Å². The van der Waals surface area contributed by atoms with Gasteiger partial charge in [-0.25, -0.2) is 0 Å². The average molecular weight is 316 g/mol. The molecule has 3 N–H and O–H groups in total. The van der Waals surface area contributed by atoms with Crippen LogP contribution < -0.4 is 4.43 Å². The third kappa shape index (κ3) is 4.56. The molecule has 2 aromatic rings. The Morgan fingerprint density at radius 2 is 1.45 bits per heavy atom. The standard InChI is InChI=1S/C17H20O4Si/c1-22(2,3)21-17-11-14(18)7-6-13(17)5-4-12-8-15(19)10-16(20)9-12/h4-11,18-20H,1-3H3/b5-4+. The highest BCUT2D eigenvalue weighted by Crippen LogP contribution is 2.29. The summed E-state index contributed by atoms with van der Waals surface area (Å²) < 4.78 is 5.98. The molecule has 0 saturated carbocycles. The van der Waals surface area contributed by atoms with Crippen LogP contribution in [0.5, 0.6) is 23.0 Å². The van der Waals surface area contributed by atoms with Crippen LogP contribution in [0, 0.1) is 0 Å². The van der Waals surface area contributed by atoms with E-state index in [1.165, 1.54) is 6.07 Å². The maximum atomic E-state index is 9.64. The van der Waals surface area contributed by atoms with E-state index in [1.54, 1.807) is 36.4 Å². The zero-order chi connectivity index (χ0) is 16.3. The molecule has 0 saturated heterocycles. The summed E-state index contributed by atoms with van der Waals surface area (Å²) in [5, 5.41) is 28.6. The maximum Gasteiger partial charge on any atom is 0.242 e. The predicted molar refractivity (Wildman–Crippen MR) is 90.8 cm³/mol. The molecule has 0 fully saturated rings. The van der Waals surface area contributed by atoms with Crippen molar-refractivity contribution in [1.82, 2.24) is 0 Å². The number of hydrogen-bond donors (Lipinski definition) is 3. The quantitative estimate of drug-likeness (QED) is 0.584. The third-order valence-corrected chi connectivity index (χ3v) is 3.63. The monoisotopic (exact) mass is 316 g/mol. The molecule has 0 atom stereocenters. The molecule has 116 valence electrons. The lowest BCUT2D eigenvalue weighted by atomic mass is 10.1. The highest BCUT2D eigenvalue weighted by atomic mass is 28.4. The van der Waals surface area contributed by atoms with E-state index in [1.807, 2.05) is 6.08 Å². The zero-order valence-electron chi connectivity index (χ0n) is 12.9. The van der Waals surface area contributed by atoms with E-state index in [4.69, 9.17) is 4.43 Å². The number of hydrogen-bond acceptors (Lipinski definition) is 4. The number of aromatic hydroxyl groups is 3. The van der Waals surface area contributed by atoms with Crippen LogP contribution in [0.4, 0.5) is 0 Å². The fourth-order valence-electron chi connectivity index (χ4n) is 1.98. The molecule has 0 unspecified atom stereocenters. The molecule has 4 nitrogen and oxygen atoms in total. The first-order valence-corrected chi connectivity index (χ1v) is 10.4. The first-order valence-electron chi connectivity index (χ1n) is 6.96. The van der Waals surface area contributed by atoms with Crippen LogP contribution in [0.25, 0.3) is 12.2 Å². The SMILES string of the molecule is C[Si](C)(C)Oc1cc(O)ccc1/C=C/c1cc(O)cc(O)c1. The van der Waals surface area contributed by atoms with E-state index >= 15 is 0 Å². The second-order valence-electron chi connectivity index (χ2n) is 6.05.